The normalized spacial score (nSPS) is 17.3. The highest BCUT2D eigenvalue weighted by Crippen LogP contribution is 2.38. The molecule has 1 fully saturated rings. The largest absolute Gasteiger partial charge is 0.465 e. The third-order valence-corrected chi connectivity index (χ3v) is 10.8. The van der Waals surface area contributed by atoms with Gasteiger partial charge in [-0.15, -0.1) is 22.7 Å². The SMILES string of the molecule is COC(=O)c1c(NC(=O)C2CCN(S(=O)(=O)c3ccc(Cl)s3)CC2)sc2c1CCN(C(C)=O)C2. The second-order valence-electron chi connectivity index (χ2n) is 8.12. The third-order valence-electron chi connectivity index (χ3n) is 6.10. The van der Waals surface area contributed by atoms with Gasteiger partial charge >= 0.3 is 5.97 Å². The number of fused-ring (bicyclic) bond motifs is 1. The van der Waals surface area contributed by atoms with Crippen molar-refractivity contribution in [1.82, 2.24) is 9.21 Å². The van der Waals surface area contributed by atoms with E-state index in [1.54, 1.807) is 11.0 Å². The summed E-state index contributed by atoms with van der Waals surface area (Å²) in [5.41, 5.74) is 1.15. The van der Waals surface area contributed by atoms with Crippen LogP contribution in [-0.2, 0) is 37.3 Å². The topological polar surface area (TPSA) is 113 Å². The van der Waals surface area contributed by atoms with Gasteiger partial charge in [-0.05, 0) is 37.0 Å². The second-order valence-corrected chi connectivity index (χ2v) is 13.1. The Labute approximate surface area is 210 Å². The molecule has 2 aliphatic rings. The number of esters is 1. The molecule has 9 nitrogen and oxygen atoms in total. The lowest BCUT2D eigenvalue weighted by Crippen LogP contribution is -2.41. The molecule has 13 heteroatoms. The molecule has 0 aliphatic carbocycles. The molecule has 4 heterocycles. The molecule has 0 bridgehead atoms. The van der Waals surface area contributed by atoms with Crippen molar-refractivity contribution in [3.8, 4) is 0 Å². The van der Waals surface area contributed by atoms with Crippen LogP contribution in [0.1, 0.15) is 40.6 Å². The van der Waals surface area contributed by atoms with Crippen molar-refractivity contribution in [2.75, 3.05) is 32.1 Å². The van der Waals surface area contributed by atoms with Crippen LogP contribution in [0, 0.1) is 5.92 Å². The monoisotopic (exact) mass is 545 g/mol. The molecule has 1 N–H and O–H groups in total. The Hall–Kier alpha value is -1.99. The van der Waals surface area contributed by atoms with E-state index >= 15 is 0 Å². The predicted molar refractivity (Wildman–Crippen MR) is 130 cm³/mol. The molecule has 0 radical (unpaired) electrons. The average Bonchev–Trinajstić information content (AvgIpc) is 3.41. The molecule has 0 aromatic carbocycles. The van der Waals surface area contributed by atoms with Gasteiger partial charge in [-0.1, -0.05) is 11.6 Å². The summed E-state index contributed by atoms with van der Waals surface area (Å²) in [5, 5.41) is 3.29. The van der Waals surface area contributed by atoms with E-state index < -0.39 is 21.9 Å². The Bertz CT molecular complexity index is 1230. The summed E-state index contributed by atoms with van der Waals surface area (Å²) in [7, 11) is -2.35. The molecule has 1 saturated heterocycles. The van der Waals surface area contributed by atoms with Crippen LogP contribution in [0.5, 0.6) is 0 Å². The number of piperidine rings is 1. The molecule has 0 unspecified atom stereocenters. The number of anilines is 1. The fourth-order valence-corrected chi connectivity index (χ4v) is 8.58. The first-order valence-electron chi connectivity index (χ1n) is 10.7. The number of nitrogens with zero attached hydrogens (tertiary/aromatic N) is 2. The number of hydrogen-bond acceptors (Lipinski definition) is 8. The number of hydrogen-bond donors (Lipinski definition) is 1. The van der Waals surface area contributed by atoms with Crippen molar-refractivity contribution in [2.45, 2.75) is 36.9 Å². The van der Waals surface area contributed by atoms with E-state index in [4.69, 9.17) is 16.3 Å². The van der Waals surface area contributed by atoms with Gasteiger partial charge in [0.05, 0.1) is 23.6 Å². The zero-order valence-electron chi connectivity index (χ0n) is 18.6. The van der Waals surface area contributed by atoms with Crippen LogP contribution in [0.15, 0.2) is 16.3 Å². The molecule has 2 aliphatic heterocycles. The van der Waals surface area contributed by atoms with Crippen molar-refractivity contribution < 1.29 is 27.5 Å². The van der Waals surface area contributed by atoms with E-state index in [-0.39, 0.29) is 29.1 Å². The number of nitrogens with one attached hydrogen (secondary N) is 1. The zero-order chi connectivity index (χ0) is 24.6. The van der Waals surface area contributed by atoms with Crippen molar-refractivity contribution >= 4 is 67.1 Å². The van der Waals surface area contributed by atoms with Gasteiger partial charge in [0.15, 0.2) is 0 Å². The number of ether oxygens (including phenoxy) is 1. The predicted octanol–water partition coefficient (Wildman–Crippen LogP) is 3.19. The number of amides is 2. The van der Waals surface area contributed by atoms with Gasteiger partial charge in [0, 0.05) is 37.4 Å². The van der Waals surface area contributed by atoms with Crippen molar-refractivity contribution in [3.63, 3.8) is 0 Å². The summed E-state index contributed by atoms with van der Waals surface area (Å²) in [6.07, 6.45) is 1.23. The summed E-state index contributed by atoms with van der Waals surface area (Å²) < 4.78 is 32.5. The molecular formula is C21H24ClN3O6S3. The maximum atomic E-state index is 13.0. The number of rotatable bonds is 5. The number of thiophene rings is 2. The van der Waals surface area contributed by atoms with Gasteiger partial charge in [0.25, 0.3) is 10.0 Å². The van der Waals surface area contributed by atoms with E-state index in [0.717, 1.165) is 21.8 Å². The van der Waals surface area contributed by atoms with E-state index in [1.165, 1.54) is 35.7 Å². The Kier molecular flexibility index (Phi) is 7.34. The molecule has 34 heavy (non-hydrogen) atoms. The number of carbonyl (C=O) groups excluding carboxylic acids is 3. The minimum absolute atomic E-state index is 0.0456. The molecular weight excluding hydrogens is 522 g/mol. The van der Waals surface area contributed by atoms with Crippen LogP contribution in [0.3, 0.4) is 0 Å². The zero-order valence-corrected chi connectivity index (χ0v) is 21.8. The maximum Gasteiger partial charge on any atom is 0.341 e. The standard InChI is InChI=1S/C21H24ClN3O6S3/c1-12(26)24-8-7-14-15(11-24)32-20(18(14)21(28)31-2)23-19(27)13-5-9-25(10-6-13)34(29,30)17-4-3-16(22)33-17/h3-4,13H,5-11H2,1-2H3,(H,23,27). The maximum absolute atomic E-state index is 13.0. The second kappa shape index (κ2) is 9.94. The van der Waals surface area contributed by atoms with Crippen LogP contribution in [0.2, 0.25) is 4.34 Å². The third kappa shape index (κ3) is 4.87. The molecule has 184 valence electrons. The van der Waals surface area contributed by atoms with Crippen molar-refractivity contribution in [1.29, 1.82) is 0 Å². The molecule has 2 aromatic heterocycles. The Morgan fingerprint density at radius 3 is 2.44 bits per heavy atom. The minimum Gasteiger partial charge on any atom is -0.465 e. The highest BCUT2D eigenvalue weighted by molar-refractivity contribution is 7.91. The van der Waals surface area contributed by atoms with E-state index in [1.807, 2.05) is 0 Å². The first kappa shape index (κ1) is 25.1. The number of methoxy groups -OCH3 is 1. The lowest BCUT2D eigenvalue weighted by molar-refractivity contribution is -0.129. The average molecular weight is 546 g/mol. The quantitative estimate of drug-likeness (QED) is 0.577. The number of sulfonamides is 1. The highest BCUT2D eigenvalue weighted by Gasteiger charge is 2.35. The fourth-order valence-electron chi connectivity index (χ4n) is 4.21. The van der Waals surface area contributed by atoms with Gasteiger partial charge in [0.2, 0.25) is 11.8 Å². The molecule has 2 aromatic rings. The van der Waals surface area contributed by atoms with Crippen LogP contribution >= 0.6 is 34.3 Å². The first-order chi connectivity index (χ1) is 16.1. The van der Waals surface area contributed by atoms with Crippen molar-refractivity contribution in [2.24, 2.45) is 5.92 Å². The van der Waals surface area contributed by atoms with Gasteiger partial charge < -0.3 is 15.0 Å². The highest BCUT2D eigenvalue weighted by atomic mass is 35.5. The fraction of sp³-hybridized carbons (Fsp3) is 0.476. The van der Waals surface area contributed by atoms with E-state index in [9.17, 15) is 22.8 Å². The Balaban J connectivity index is 1.46. The summed E-state index contributed by atoms with van der Waals surface area (Å²) in [6.45, 7) is 2.82. The lowest BCUT2D eigenvalue weighted by Gasteiger charge is -2.30. The first-order valence-corrected chi connectivity index (χ1v) is 14.1. The molecule has 4 rings (SSSR count). The number of halogens is 1. The molecule has 0 saturated carbocycles. The van der Waals surface area contributed by atoms with Crippen LogP contribution in [0.25, 0.3) is 0 Å². The Morgan fingerprint density at radius 2 is 1.85 bits per heavy atom. The van der Waals surface area contributed by atoms with Crippen LogP contribution < -0.4 is 5.32 Å². The Morgan fingerprint density at radius 1 is 1.15 bits per heavy atom. The summed E-state index contributed by atoms with van der Waals surface area (Å²) in [6, 6.07) is 3.04. The van der Waals surface area contributed by atoms with E-state index in [0.29, 0.717) is 47.3 Å². The summed E-state index contributed by atoms with van der Waals surface area (Å²) in [5.74, 6) is -1.23. The summed E-state index contributed by atoms with van der Waals surface area (Å²) >= 11 is 8.17. The van der Waals surface area contributed by atoms with Crippen molar-refractivity contribution in [3.05, 3.63) is 32.5 Å². The van der Waals surface area contributed by atoms with Gasteiger partial charge in [0.1, 0.15) is 9.21 Å². The molecule has 2 amide bonds. The minimum atomic E-state index is -3.64. The van der Waals surface area contributed by atoms with Crippen LogP contribution in [0.4, 0.5) is 5.00 Å². The molecule has 0 spiro atoms. The van der Waals surface area contributed by atoms with Gasteiger partial charge in [-0.25, -0.2) is 13.2 Å². The molecule has 0 atom stereocenters. The van der Waals surface area contributed by atoms with E-state index in [2.05, 4.69) is 5.32 Å². The summed E-state index contributed by atoms with van der Waals surface area (Å²) in [4.78, 5) is 39.9. The van der Waals surface area contributed by atoms with Gasteiger partial charge in [-0.3, -0.25) is 9.59 Å². The van der Waals surface area contributed by atoms with Crippen LogP contribution in [-0.4, -0.2) is 62.2 Å². The smallest absolute Gasteiger partial charge is 0.341 e. The lowest BCUT2D eigenvalue weighted by atomic mass is 9.97. The number of carbonyl (C=O) groups is 3. The van der Waals surface area contributed by atoms with Gasteiger partial charge in [-0.2, -0.15) is 4.31 Å².